The smallest absolute Gasteiger partial charge is 0.00913 e. The van der Waals surface area contributed by atoms with Gasteiger partial charge < -0.3 is 0 Å². The van der Waals surface area contributed by atoms with Gasteiger partial charge in [-0.15, -0.1) is 0 Å². The van der Waals surface area contributed by atoms with Crippen molar-refractivity contribution in [2.45, 2.75) is 53.4 Å². The second kappa shape index (κ2) is 6.74. The molecule has 0 amide bonds. The van der Waals surface area contributed by atoms with Gasteiger partial charge in [-0.3, -0.25) is 0 Å². The largest absolute Gasteiger partial charge is 0.0913 e. The van der Waals surface area contributed by atoms with E-state index in [4.69, 9.17) is 0 Å². The zero-order valence-electron chi connectivity index (χ0n) is 13.3. The number of rotatable bonds is 5. The van der Waals surface area contributed by atoms with E-state index in [-0.39, 0.29) is 0 Å². The molecule has 2 rings (SSSR count). The van der Waals surface area contributed by atoms with Crippen molar-refractivity contribution < 1.29 is 0 Å². The average Bonchev–Trinajstić information content (AvgIpc) is 2.50. The fourth-order valence-electron chi connectivity index (χ4n) is 2.86. The molecule has 0 aliphatic carbocycles. The van der Waals surface area contributed by atoms with Crippen molar-refractivity contribution in [3.63, 3.8) is 0 Å². The molecule has 0 N–H and O–H groups in total. The summed E-state index contributed by atoms with van der Waals surface area (Å²) in [6.07, 6.45) is 8.78. The Morgan fingerprint density at radius 2 is 1.30 bits per heavy atom. The van der Waals surface area contributed by atoms with Crippen LogP contribution >= 0.6 is 0 Å². The standard InChI is InChI=1S/C20H26/c1-5-9-10-18-12-16(7-3)13-19-17(8-4)11-15(6-2)14-20(18)19/h5,9,11-14H,6-8,10H2,1-4H3. The highest BCUT2D eigenvalue weighted by molar-refractivity contribution is 5.90. The third-order valence-corrected chi connectivity index (χ3v) is 4.13. The molecule has 0 aliphatic rings. The summed E-state index contributed by atoms with van der Waals surface area (Å²) < 4.78 is 0. The molecule has 0 nitrogen and oxygen atoms in total. The summed E-state index contributed by atoms with van der Waals surface area (Å²) >= 11 is 0. The van der Waals surface area contributed by atoms with Crippen LogP contribution in [0.5, 0.6) is 0 Å². The van der Waals surface area contributed by atoms with Crippen LogP contribution in [0, 0.1) is 0 Å². The summed E-state index contributed by atoms with van der Waals surface area (Å²) in [6.45, 7) is 8.85. The Hall–Kier alpha value is -1.56. The van der Waals surface area contributed by atoms with E-state index in [0.29, 0.717) is 0 Å². The van der Waals surface area contributed by atoms with E-state index in [9.17, 15) is 0 Å². The van der Waals surface area contributed by atoms with Gasteiger partial charge >= 0.3 is 0 Å². The van der Waals surface area contributed by atoms with Crippen LogP contribution in [0.2, 0.25) is 0 Å². The van der Waals surface area contributed by atoms with Gasteiger partial charge in [-0.25, -0.2) is 0 Å². The van der Waals surface area contributed by atoms with Crippen molar-refractivity contribution in [1.29, 1.82) is 0 Å². The first-order valence-corrected chi connectivity index (χ1v) is 7.91. The molecule has 106 valence electrons. The lowest BCUT2D eigenvalue weighted by Gasteiger charge is -2.13. The molecule has 0 atom stereocenters. The van der Waals surface area contributed by atoms with E-state index in [1.165, 1.54) is 33.0 Å². The number of allylic oxidation sites excluding steroid dienone is 2. The van der Waals surface area contributed by atoms with Crippen LogP contribution in [0.1, 0.15) is 49.9 Å². The van der Waals surface area contributed by atoms with E-state index in [1.54, 1.807) is 0 Å². The van der Waals surface area contributed by atoms with Crippen molar-refractivity contribution in [2.75, 3.05) is 0 Å². The van der Waals surface area contributed by atoms with Gasteiger partial charge in [0.1, 0.15) is 0 Å². The molecular weight excluding hydrogens is 240 g/mol. The Morgan fingerprint density at radius 3 is 1.80 bits per heavy atom. The maximum absolute atomic E-state index is 2.40. The predicted octanol–water partition coefficient (Wildman–Crippen LogP) is 5.65. The third-order valence-electron chi connectivity index (χ3n) is 4.13. The van der Waals surface area contributed by atoms with Crippen molar-refractivity contribution in [1.82, 2.24) is 0 Å². The molecule has 0 saturated carbocycles. The Kier molecular flexibility index (Phi) is 5.00. The minimum atomic E-state index is 1.04. The molecule has 20 heavy (non-hydrogen) atoms. The Bertz CT molecular complexity index is 617. The fraction of sp³-hybridized carbons (Fsp3) is 0.400. The molecule has 0 fully saturated rings. The van der Waals surface area contributed by atoms with Crippen LogP contribution in [0.4, 0.5) is 0 Å². The van der Waals surface area contributed by atoms with Crippen LogP contribution in [-0.4, -0.2) is 0 Å². The van der Waals surface area contributed by atoms with Crippen LogP contribution in [0.15, 0.2) is 36.4 Å². The van der Waals surface area contributed by atoms with E-state index in [1.807, 2.05) is 0 Å². The minimum absolute atomic E-state index is 1.04. The molecule has 0 heterocycles. The van der Waals surface area contributed by atoms with Gasteiger partial charge in [0.2, 0.25) is 0 Å². The first-order valence-electron chi connectivity index (χ1n) is 7.91. The van der Waals surface area contributed by atoms with Gasteiger partial charge in [-0.1, -0.05) is 57.2 Å². The Labute approximate surface area is 123 Å². The molecule has 2 aromatic carbocycles. The van der Waals surface area contributed by atoms with Crippen LogP contribution in [0.25, 0.3) is 10.8 Å². The maximum Gasteiger partial charge on any atom is -0.00913 e. The van der Waals surface area contributed by atoms with Gasteiger partial charge in [0, 0.05) is 0 Å². The van der Waals surface area contributed by atoms with E-state index >= 15 is 0 Å². The lowest BCUT2D eigenvalue weighted by atomic mass is 9.91. The number of fused-ring (bicyclic) bond motifs is 1. The normalized spacial score (nSPS) is 11.6. The minimum Gasteiger partial charge on any atom is -0.0913 e. The Balaban J connectivity index is 2.73. The summed E-state index contributed by atoms with van der Waals surface area (Å²) in [4.78, 5) is 0. The molecule has 0 unspecified atom stereocenters. The van der Waals surface area contributed by atoms with Crippen molar-refractivity contribution >= 4 is 10.8 Å². The first kappa shape index (κ1) is 14.8. The first-order chi connectivity index (χ1) is 9.73. The van der Waals surface area contributed by atoms with Gasteiger partial charge in [0.25, 0.3) is 0 Å². The second-order valence-electron chi connectivity index (χ2n) is 5.44. The highest BCUT2D eigenvalue weighted by atomic mass is 14.1. The van der Waals surface area contributed by atoms with Gasteiger partial charge in [-0.05, 0) is 65.6 Å². The van der Waals surface area contributed by atoms with Gasteiger partial charge in [0.15, 0.2) is 0 Å². The summed E-state index contributed by atoms with van der Waals surface area (Å²) in [5.41, 5.74) is 5.88. The summed E-state index contributed by atoms with van der Waals surface area (Å²) in [5.74, 6) is 0. The highest BCUT2D eigenvalue weighted by Crippen LogP contribution is 2.28. The molecule has 2 aromatic rings. The maximum atomic E-state index is 2.40. The van der Waals surface area contributed by atoms with Crippen molar-refractivity contribution in [2.24, 2.45) is 0 Å². The number of hydrogen-bond donors (Lipinski definition) is 0. The lowest BCUT2D eigenvalue weighted by Crippen LogP contribution is -1.95. The van der Waals surface area contributed by atoms with Crippen molar-refractivity contribution in [3.8, 4) is 0 Å². The molecule has 0 bridgehead atoms. The van der Waals surface area contributed by atoms with Crippen LogP contribution in [0.3, 0.4) is 0 Å². The molecule has 0 aromatic heterocycles. The molecule has 0 heteroatoms. The molecule has 0 saturated heterocycles. The highest BCUT2D eigenvalue weighted by Gasteiger charge is 2.08. The topological polar surface area (TPSA) is 0 Å². The van der Waals surface area contributed by atoms with Crippen LogP contribution < -0.4 is 0 Å². The average molecular weight is 266 g/mol. The molecule has 0 spiro atoms. The zero-order valence-corrected chi connectivity index (χ0v) is 13.3. The molecule has 0 aliphatic heterocycles. The summed E-state index contributed by atoms with van der Waals surface area (Å²) in [6, 6.07) is 9.57. The summed E-state index contributed by atoms with van der Waals surface area (Å²) in [5, 5.41) is 2.92. The van der Waals surface area contributed by atoms with Crippen LogP contribution in [-0.2, 0) is 25.7 Å². The predicted molar refractivity (Wildman–Crippen MR) is 90.6 cm³/mol. The van der Waals surface area contributed by atoms with E-state index in [2.05, 4.69) is 64.1 Å². The summed E-state index contributed by atoms with van der Waals surface area (Å²) in [7, 11) is 0. The van der Waals surface area contributed by atoms with Gasteiger partial charge in [-0.2, -0.15) is 0 Å². The SMILES string of the molecule is CC=CCc1cc(CC)cc2c(CC)cc(CC)cc12. The zero-order chi connectivity index (χ0) is 14.5. The second-order valence-corrected chi connectivity index (χ2v) is 5.44. The monoisotopic (exact) mass is 266 g/mol. The number of hydrogen-bond acceptors (Lipinski definition) is 0. The quantitative estimate of drug-likeness (QED) is 0.614. The lowest BCUT2D eigenvalue weighted by molar-refractivity contribution is 1.09. The molecular formula is C20H26. The van der Waals surface area contributed by atoms with E-state index < -0.39 is 0 Å². The Morgan fingerprint density at radius 1 is 0.750 bits per heavy atom. The molecule has 0 radical (unpaired) electrons. The number of aryl methyl sites for hydroxylation is 3. The van der Waals surface area contributed by atoms with Gasteiger partial charge in [0.05, 0.1) is 0 Å². The fourth-order valence-corrected chi connectivity index (χ4v) is 2.86. The third kappa shape index (κ3) is 2.95. The number of benzene rings is 2. The van der Waals surface area contributed by atoms with Crippen molar-refractivity contribution in [3.05, 3.63) is 58.7 Å². The van der Waals surface area contributed by atoms with E-state index in [0.717, 1.165) is 25.7 Å².